The van der Waals surface area contributed by atoms with Gasteiger partial charge >= 0.3 is 0 Å². The van der Waals surface area contributed by atoms with E-state index in [4.69, 9.17) is 34.8 Å². The molecule has 0 saturated carbocycles. The van der Waals surface area contributed by atoms with Gasteiger partial charge in [0.1, 0.15) is 10.7 Å². The van der Waals surface area contributed by atoms with Gasteiger partial charge in [0.05, 0.1) is 11.4 Å². The number of thiazole rings is 1. The van der Waals surface area contributed by atoms with E-state index in [0.29, 0.717) is 37.8 Å². The van der Waals surface area contributed by atoms with Gasteiger partial charge in [-0.05, 0) is 48.5 Å². The second kappa shape index (κ2) is 10.4. The fourth-order valence-corrected chi connectivity index (χ4v) is 4.84. The van der Waals surface area contributed by atoms with Gasteiger partial charge in [0.2, 0.25) is 0 Å². The Kier molecular flexibility index (Phi) is 6.99. The first kappa shape index (κ1) is 25.0. The summed E-state index contributed by atoms with van der Waals surface area (Å²) in [6.07, 6.45) is 0. The number of benzene rings is 3. The summed E-state index contributed by atoms with van der Waals surface area (Å²) in [7, 11) is 0. The third kappa shape index (κ3) is 5.23. The molecule has 37 heavy (non-hydrogen) atoms. The van der Waals surface area contributed by atoms with Gasteiger partial charge in [0.25, 0.3) is 17.7 Å². The number of carbonyl (C=O) groups excluding carboxylic acids is 3. The molecule has 3 amide bonds. The van der Waals surface area contributed by atoms with E-state index in [-0.39, 0.29) is 10.7 Å². The maximum atomic E-state index is 13.0. The number of hydrogen-bond acceptors (Lipinski definition) is 6. The molecule has 1 aromatic heterocycles. The molecule has 0 saturated heterocycles. The average Bonchev–Trinajstić information content (AvgIpc) is 3.43. The minimum atomic E-state index is -0.675. The summed E-state index contributed by atoms with van der Waals surface area (Å²) in [5, 5.41) is 8.63. The van der Waals surface area contributed by atoms with Crippen LogP contribution in [0, 0.1) is 0 Å². The number of nitrogens with zero attached hydrogens (tertiary/aromatic N) is 2. The van der Waals surface area contributed by atoms with Crippen LogP contribution in [0.4, 0.5) is 16.5 Å². The highest BCUT2D eigenvalue weighted by atomic mass is 35.5. The molecule has 0 atom stereocenters. The van der Waals surface area contributed by atoms with Gasteiger partial charge < -0.3 is 5.32 Å². The van der Waals surface area contributed by atoms with E-state index in [9.17, 15) is 14.4 Å². The lowest BCUT2D eigenvalue weighted by atomic mass is 10.2. The Balaban J connectivity index is 1.31. The smallest absolute Gasteiger partial charge is 0.283 e. The van der Waals surface area contributed by atoms with Crippen molar-refractivity contribution >= 4 is 80.4 Å². The van der Waals surface area contributed by atoms with Gasteiger partial charge in [-0.15, -0.1) is 11.3 Å². The Labute approximate surface area is 230 Å². The molecule has 184 valence electrons. The zero-order chi connectivity index (χ0) is 26.1. The number of imide groups is 1. The lowest BCUT2D eigenvalue weighted by Gasteiger charge is -2.15. The van der Waals surface area contributed by atoms with Gasteiger partial charge in [-0.25, -0.2) is 9.88 Å². The van der Waals surface area contributed by atoms with E-state index < -0.39 is 17.7 Å². The summed E-state index contributed by atoms with van der Waals surface area (Å²) in [6, 6.07) is 20.0. The first-order valence-corrected chi connectivity index (χ1v) is 12.8. The minimum Gasteiger partial charge on any atom is -0.350 e. The Morgan fingerprint density at radius 1 is 0.865 bits per heavy atom. The van der Waals surface area contributed by atoms with Gasteiger partial charge in [0.15, 0.2) is 5.13 Å². The average molecular weight is 570 g/mol. The molecule has 2 heterocycles. The Morgan fingerprint density at radius 3 is 2.38 bits per heavy atom. The molecule has 3 aromatic carbocycles. The van der Waals surface area contributed by atoms with E-state index in [0.717, 1.165) is 10.5 Å². The molecule has 0 unspecified atom stereocenters. The van der Waals surface area contributed by atoms with Crippen molar-refractivity contribution in [1.82, 2.24) is 4.98 Å². The van der Waals surface area contributed by atoms with Crippen molar-refractivity contribution < 1.29 is 14.4 Å². The number of aromatic nitrogens is 1. The first-order chi connectivity index (χ1) is 17.8. The first-order valence-electron chi connectivity index (χ1n) is 10.7. The summed E-state index contributed by atoms with van der Waals surface area (Å²) in [5.74, 6) is -1.70. The van der Waals surface area contributed by atoms with Crippen LogP contribution < -0.4 is 15.5 Å². The van der Waals surface area contributed by atoms with E-state index >= 15 is 0 Å². The van der Waals surface area contributed by atoms with Crippen molar-refractivity contribution in [2.24, 2.45) is 0 Å². The quantitative estimate of drug-likeness (QED) is 0.249. The normalized spacial score (nSPS) is 13.3. The van der Waals surface area contributed by atoms with Crippen LogP contribution in [0.15, 0.2) is 88.9 Å². The third-order valence-corrected chi connectivity index (χ3v) is 6.95. The number of hydrogen-bond donors (Lipinski definition) is 2. The predicted molar refractivity (Wildman–Crippen MR) is 147 cm³/mol. The second-order valence-electron chi connectivity index (χ2n) is 7.82. The van der Waals surface area contributed by atoms with Gasteiger partial charge in [-0.1, -0.05) is 59.1 Å². The standard InChI is InChI=1S/C26H15Cl3N4O3S/c27-16-9-7-14(8-10-16)20-13-37-26(31-20)32-23(34)15-3-1-5-18(11-15)30-22-21(29)24(35)33(25(22)36)19-6-2-4-17(28)12-19/h1-13,30H,(H,31,32,34). The highest BCUT2D eigenvalue weighted by Crippen LogP contribution is 2.32. The van der Waals surface area contributed by atoms with Crippen LogP contribution in [0.5, 0.6) is 0 Å². The van der Waals surface area contributed by atoms with Gasteiger partial charge in [0, 0.05) is 32.2 Å². The zero-order valence-electron chi connectivity index (χ0n) is 18.7. The number of nitrogens with one attached hydrogen (secondary N) is 2. The molecule has 4 aromatic rings. The maximum Gasteiger partial charge on any atom is 0.283 e. The van der Waals surface area contributed by atoms with Gasteiger partial charge in [-0.3, -0.25) is 19.7 Å². The fraction of sp³-hybridized carbons (Fsp3) is 0. The van der Waals surface area contributed by atoms with Crippen LogP contribution in [0.2, 0.25) is 10.0 Å². The second-order valence-corrected chi connectivity index (χ2v) is 9.93. The molecule has 0 fully saturated rings. The molecule has 2 N–H and O–H groups in total. The third-order valence-electron chi connectivity index (χ3n) is 5.35. The van der Waals surface area contributed by atoms with Crippen molar-refractivity contribution in [3.05, 3.63) is 105 Å². The van der Waals surface area contributed by atoms with Crippen LogP contribution >= 0.6 is 46.1 Å². The molecular formula is C26H15Cl3N4O3S. The Hall–Kier alpha value is -3.69. The monoisotopic (exact) mass is 568 g/mol. The van der Waals surface area contributed by atoms with E-state index in [1.807, 2.05) is 17.5 Å². The molecule has 1 aliphatic rings. The lowest BCUT2D eigenvalue weighted by molar-refractivity contribution is -0.120. The number of anilines is 3. The topological polar surface area (TPSA) is 91.4 Å². The molecule has 0 bridgehead atoms. The highest BCUT2D eigenvalue weighted by molar-refractivity contribution is 7.14. The molecule has 0 aliphatic carbocycles. The number of carbonyl (C=O) groups is 3. The van der Waals surface area contributed by atoms with Crippen LogP contribution in [-0.2, 0) is 9.59 Å². The zero-order valence-corrected chi connectivity index (χ0v) is 21.8. The van der Waals surface area contributed by atoms with Crippen LogP contribution in [0.25, 0.3) is 11.3 Å². The van der Waals surface area contributed by atoms with Crippen molar-refractivity contribution in [3.63, 3.8) is 0 Å². The molecule has 0 spiro atoms. The molecule has 7 nitrogen and oxygen atoms in total. The summed E-state index contributed by atoms with van der Waals surface area (Å²) in [6.45, 7) is 0. The minimum absolute atomic E-state index is 0.100. The highest BCUT2D eigenvalue weighted by Gasteiger charge is 2.39. The summed E-state index contributed by atoms with van der Waals surface area (Å²) in [4.78, 5) is 44.0. The summed E-state index contributed by atoms with van der Waals surface area (Å²) >= 11 is 19.4. The number of rotatable bonds is 6. The molecule has 1 aliphatic heterocycles. The molecule has 5 rings (SSSR count). The number of halogens is 3. The van der Waals surface area contributed by atoms with E-state index in [1.54, 1.807) is 54.6 Å². The van der Waals surface area contributed by atoms with Crippen molar-refractivity contribution in [2.45, 2.75) is 0 Å². The van der Waals surface area contributed by atoms with Crippen LogP contribution in [0.1, 0.15) is 10.4 Å². The van der Waals surface area contributed by atoms with Gasteiger partial charge in [-0.2, -0.15) is 0 Å². The predicted octanol–water partition coefficient (Wildman–Crippen LogP) is 6.80. The SMILES string of the molecule is O=C(Nc1nc(-c2ccc(Cl)cc2)cs1)c1cccc(NC2=C(Cl)C(=O)N(c3cccc(Cl)c3)C2=O)c1. The molecule has 0 radical (unpaired) electrons. The van der Waals surface area contributed by atoms with Crippen molar-refractivity contribution in [1.29, 1.82) is 0 Å². The maximum absolute atomic E-state index is 13.0. The van der Waals surface area contributed by atoms with Crippen molar-refractivity contribution in [2.75, 3.05) is 15.5 Å². The summed E-state index contributed by atoms with van der Waals surface area (Å²) in [5.41, 5.74) is 2.50. The summed E-state index contributed by atoms with van der Waals surface area (Å²) < 4.78 is 0. The fourth-order valence-electron chi connectivity index (χ4n) is 3.60. The van der Waals surface area contributed by atoms with Crippen molar-refractivity contribution in [3.8, 4) is 11.3 Å². The Morgan fingerprint density at radius 2 is 1.62 bits per heavy atom. The largest absolute Gasteiger partial charge is 0.350 e. The number of amides is 3. The molecule has 11 heteroatoms. The lowest BCUT2D eigenvalue weighted by Crippen LogP contribution is -2.32. The van der Waals surface area contributed by atoms with Crippen LogP contribution in [0.3, 0.4) is 0 Å². The van der Waals surface area contributed by atoms with E-state index in [2.05, 4.69) is 15.6 Å². The van der Waals surface area contributed by atoms with Crippen LogP contribution in [-0.4, -0.2) is 22.7 Å². The Bertz CT molecular complexity index is 1580. The van der Waals surface area contributed by atoms with E-state index in [1.165, 1.54) is 17.4 Å². The molecular weight excluding hydrogens is 555 g/mol.